The standard InChI is InChI=1S/C22H23N7O2.ClH/c1-14-8-17(30-7-6-23-3)11-26-22(14)31-16-4-5-19-18(9-16)21(28-13-27-19)29-20-12-24-15(2)10-25-20;/h4-5,8-13,23H,6-7H2,1-3H3,(H,25,27,28,29);1H. The topological polar surface area (TPSA) is 112 Å². The van der Waals surface area contributed by atoms with Gasteiger partial charge >= 0.3 is 0 Å². The monoisotopic (exact) mass is 453 g/mol. The number of fused-ring (bicyclic) bond motifs is 1. The average Bonchev–Trinajstić information content (AvgIpc) is 2.78. The second kappa shape index (κ2) is 10.7. The van der Waals surface area contributed by atoms with Gasteiger partial charge in [-0.05, 0) is 38.1 Å². The quantitative estimate of drug-likeness (QED) is 0.345. The first-order valence-corrected chi connectivity index (χ1v) is 9.98. The third kappa shape index (κ3) is 5.57. The second-order valence-electron chi connectivity index (χ2n) is 7.01. The van der Waals surface area contributed by atoms with E-state index >= 15 is 0 Å². The summed E-state index contributed by atoms with van der Waals surface area (Å²) in [6, 6.07) is 7.53. The predicted octanol–water partition coefficient (Wildman–Crippen LogP) is -0.456. The smallest absolute Gasteiger partial charge is 0.222 e. The van der Waals surface area contributed by atoms with Crippen LogP contribution >= 0.6 is 0 Å². The highest BCUT2D eigenvalue weighted by Gasteiger charge is 2.10. The number of anilines is 2. The van der Waals surface area contributed by atoms with E-state index in [9.17, 15) is 0 Å². The van der Waals surface area contributed by atoms with Gasteiger partial charge < -0.3 is 32.5 Å². The van der Waals surface area contributed by atoms with Gasteiger partial charge in [-0.2, -0.15) is 0 Å². The molecule has 32 heavy (non-hydrogen) atoms. The minimum atomic E-state index is 0. The van der Waals surface area contributed by atoms with E-state index < -0.39 is 0 Å². The van der Waals surface area contributed by atoms with Gasteiger partial charge in [0.05, 0.1) is 36.8 Å². The molecule has 9 nitrogen and oxygen atoms in total. The first-order chi connectivity index (χ1) is 15.1. The molecule has 0 atom stereocenters. The summed E-state index contributed by atoms with van der Waals surface area (Å²) < 4.78 is 11.7. The van der Waals surface area contributed by atoms with E-state index in [1.807, 2.05) is 45.2 Å². The van der Waals surface area contributed by atoms with Crippen LogP contribution in [-0.2, 0) is 0 Å². The summed E-state index contributed by atoms with van der Waals surface area (Å²) in [7, 11) is 2.01. The molecule has 166 valence electrons. The zero-order valence-electron chi connectivity index (χ0n) is 18.0. The highest BCUT2D eigenvalue weighted by molar-refractivity contribution is 5.91. The first kappa shape index (κ1) is 23.1. The molecule has 0 unspecified atom stereocenters. The molecule has 4 aromatic rings. The van der Waals surface area contributed by atoms with Gasteiger partial charge in [0, 0.05) is 10.9 Å². The molecule has 1 aromatic carbocycles. The fraction of sp³-hybridized carbons (Fsp3) is 0.227. The maximum atomic E-state index is 6.03. The van der Waals surface area contributed by atoms with E-state index in [0.29, 0.717) is 29.9 Å². The number of likely N-dealkylation sites (N-methyl/N-ethyl adjacent to an activating group) is 1. The number of rotatable bonds is 8. The van der Waals surface area contributed by atoms with Crippen LogP contribution in [-0.4, -0.2) is 45.1 Å². The Balaban J connectivity index is 0.00000289. The van der Waals surface area contributed by atoms with Crippen molar-refractivity contribution in [3.05, 3.63) is 60.4 Å². The summed E-state index contributed by atoms with van der Waals surface area (Å²) in [5.74, 6) is 3.10. The van der Waals surface area contributed by atoms with Gasteiger partial charge in [-0.25, -0.2) is 19.9 Å². The van der Waals surface area contributed by atoms with Crippen LogP contribution < -0.4 is 32.5 Å². The number of aryl methyl sites for hydroxylation is 2. The van der Waals surface area contributed by atoms with E-state index in [0.717, 1.165) is 34.5 Å². The lowest BCUT2D eigenvalue weighted by molar-refractivity contribution is -0.627. The molecule has 4 rings (SSSR count). The van der Waals surface area contributed by atoms with Gasteiger partial charge in [-0.1, -0.05) is 0 Å². The lowest BCUT2D eigenvalue weighted by Crippen LogP contribution is -3.00. The minimum Gasteiger partial charge on any atom is -1.00 e. The molecular weight excluding hydrogens is 430 g/mol. The van der Waals surface area contributed by atoms with Crippen LogP contribution in [0.3, 0.4) is 0 Å². The molecule has 0 fully saturated rings. The van der Waals surface area contributed by atoms with Gasteiger partial charge in [0.2, 0.25) is 5.88 Å². The minimum absolute atomic E-state index is 0. The second-order valence-corrected chi connectivity index (χ2v) is 7.01. The van der Waals surface area contributed by atoms with Crippen LogP contribution in [0.1, 0.15) is 11.3 Å². The normalized spacial score (nSPS) is 10.5. The number of benzene rings is 1. The van der Waals surface area contributed by atoms with E-state index in [2.05, 4.69) is 35.6 Å². The summed E-state index contributed by atoms with van der Waals surface area (Å²) in [6.45, 7) is 5.35. The summed E-state index contributed by atoms with van der Waals surface area (Å²) >= 11 is 0. The molecule has 0 saturated carbocycles. The van der Waals surface area contributed by atoms with Crippen molar-refractivity contribution in [3.8, 4) is 17.4 Å². The summed E-state index contributed by atoms with van der Waals surface area (Å²) in [6.07, 6.45) is 6.54. The van der Waals surface area contributed by atoms with Crippen molar-refractivity contribution in [1.82, 2.24) is 24.9 Å². The molecule has 0 aliphatic heterocycles. The van der Waals surface area contributed by atoms with Crippen LogP contribution in [0.25, 0.3) is 10.9 Å². The van der Waals surface area contributed by atoms with Gasteiger partial charge in [-0.15, -0.1) is 0 Å². The fourth-order valence-corrected chi connectivity index (χ4v) is 2.91. The lowest BCUT2D eigenvalue weighted by Gasteiger charge is -2.12. The Morgan fingerprint density at radius 3 is 2.56 bits per heavy atom. The number of nitrogens with one attached hydrogen (secondary N) is 1. The van der Waals surface area contributed by atoms with Gasteiger partial charge in [0.25, 0.3) is 0 Å². The first-order valence-electron chi connectivity index (χ1n) is 9.98. The molecule has 0 radical (unpaired) electrons. The average molecular weight is 454 g/mol. The number of nitrogens with zero attached hydrogens (tertiary/aromatic N) is 5. The zero-order valence-corrected chi connectivity index (χ0v) is 18.8. The molecule has 10 heteroatoms. The van der Waals surface area contributed by atoms with E-state index in [1.165, 1.54) is 6.33 Å². The van der Waals surface area contributed by atoms with Crippen LogP contribution in [0, 0.1) is 13.8 Å². The number of ether oxygens (including phenoxy) is 2. The third-order valence-corrected chi connectivity index (χ3v) is 4.53. The van der Waals surface area contributed by atoms with Gasteiger partial charge in [0.1, 0.15) is 42.6 Å². The lowest BCUT2D eigenvalue weighted by atomic mass is 10.2. The fourth-order valence-electron chi connectivity index (χ4n) is 2.91. The van der Waals surface area contributed by atoms with Crippen molar-refractivity contribution >= 4 is 22.5 Å². The third-order valence-electron chi connectivity index (χ3n) is 4.53. The Morgan fingerprint density at radius 1 is 0.938 bits per heavy atom. The van der Waals surface area contributed by atoms with E-state index in [-0.39, 0.29) is 12.4 Å². The van der Waals surface area contributed by atoms with E-state index in [4.69, 9.17) is 9.47 Å². The summed E-state index contributed by atoms with van der Waals surface area (Å²) in [4.78, 5) is 21.7. The van der Waals surface area contributed by atoms with Crippen LogP contribution in [0.5, 0.6) is 17.4 Å². The summed E-state index contributed by atoms with van der Waals surface area (Å²) in [5.41, 5.74) is 2.51. The molecule has 0 aliphatic carbocycles. The SMILES string of the molecule is C[NH2+]CCOc1cnc(Oc2ccc3ncnc(Nc4cnc(C)cn4)c3c2)c(C)c1.[Cl-]. The maximum Gasteiger partial charge on any atom is 0.222 e. The van der Waals surface area contributed by atoms with E-state index in [1.54, 1.807) is 18.6 Å². The van der Waals surface area contributed by atoms with Crippen molar-refractivity contribution < 1.29 is 27.2 Å². The number of quaternary nitrogens is 1. The Hall–Kier alpha value is -3.56. The Bertz CT molecular complexity index is 1190. The van der Waals surface area contributed by atoms with Crippen molar-refractivity contribution in [1.29, 1.82) is 0 Å². The van der Waals surface area contributed by atoms with Crippen LogP contribution in [0.15, 0.2) is 49.2 Å². The number of pyridine rings is 1. The highest BCUT2D eigenvalue weighted by atomic mass is 35.5. The predicted molar refractivity (Wildman–Crippen MR) is 117 cm³/mol. The highest BCUT2D eigenvalue weighted by Crippen LogP contribution is 2.30. The summed E-state index contributed by atoms with van der Waals surface area (Å²) in [5, 5.41) is 6.06. The number of hydrogen-bond acceptors (Lipinski definition) is 8. The number of hydrogen-bond donors (Lipinski definition) is 2. The largest absolute Gasteiger partial charge is 1.00 e. The number of nitrogens with two attached hydrogens (primary N) is 1. The molecular formula is C22H24ClN7O2. The number of halogens is 1. The molecule has 3 N–H and O–H groups in total. The maximum absolute atomic E-state index is 6.03. The van der Waals surface area contributed by atoms with Gasteiger partial charge in [0.15, 0.2) is 0 Å². The van der Waals surface area contributed by atoms with Crippen molar-refractivity contribution in [2.45, 2.75) is 13.8 Å². The molecule has 0 amide bonds. The molecule has 3 heterocycles. The Labute approximate surface area is 192 Å². The Kier molecular flexibility index (Phi) is 7.69. The van der Waals surface area contributed by atoms with Crippen LogP contribution in [0.4, 0.5) is 11.6 Å². The molecule has 0 bridgehead atoms. The van der Waals surface area contributed by atoms with Crippen molar-refractivity contribution in [2.75, 3.05) is 25.5 Å². The van der Waals surface area contributed by atoms with Crippen molar-refractivity contribution in [3.63, 3.8) is 0 Å². The van der Waals surface area contributed by atoms with Crippen LogP contribution in [0.2, 0.25) is 0 Å². The molecule has 0 aliphatic rings. The molecule has 3 aromatic heterocycles. The van der Waals surface area contributed by atoms with Crippen molar-refractivity contribution in [2.24, 2.45) is 0 Å². The zero-order chi connectivity index (χ0) is 21.6. The van der Waals surface area contributed by atoms with Gasteiger partial charge in [-0.3, -0.25) is 4.98 Å². The number of aromatic nitrogens is 5. The Morgan fingerprint density at radius 2 is 1.81 bits per heavy atom. The molecule has 0 spiro atoms. The molecule has 0 saturated heterocycles.